The van der Waals surface area contributed by atoms with Gasteiger partial charge in [-0.05, 0) is 32.2 Å². The predicted molar refractivity (Wildman–Crippen MR) is 73.0 cm³/mol. The molecule has 0 saturated carbocycles. The molecule has 2 heterocycles. The molecule has 0 aromatic carbocycles. The maximum Gasteiger partial charge on any atom is 0.308 e. The highest BCUT2D eigenvalue weighted by Crippen LogP contribution is 2.19. The number of methoxy groups -OCH3 is 1. The molecule has 20 heavy (non-hydrogen) atoms. The van der Waals surface area contributed by atoms with E-state index in [0.717, 1.165) is 19.4 Å². The molecule has 0 aromatic rings. The minimum atomic E-state index is -0.304. The summed E-state index contributed by atoms with van der Waals surface area (Å²) in [5, 5.41) is 9.61. The van der Waals surface area contributed by atoms with Gasteiger partial charge in [0.2, 0.25) is 5.91 Å². The number of esters is 1. The maximum atomic E-state index is 12.2. The third kappa shape index (κ3) is 3.93. The van der Waals surface area contributed by atoms with Crippen LogP contribution >= 0.6 is 0 Å². The summed E-state index contributed by atoms with van der Waals surface area (Å²) in [6.07, 6.45) is 2.83. The Hall–Kier alpha value is -1.14. The summed E-state index contributed by atoms with van der Waals surface area (Å²) in [6.45, 7) is 3.08. The van der Waals surface area contributed by atoms with E-state index in [2.05, 4.69) is 0 Å². The molecule has 0 radical (unpaired) electrons. The Morgan fingerprint density at radius 1 is 1.20 bits per heavy atom. The highest BCUT2D eigenvalue weighted by atomic mass is 16.5. The highest BCUT2D eigenvalue weighted by molar-refractivity contribution is 5.79. The van der Waals surface area contributed by atoms with Gasteiger partial charge in [0.05, 0.1) is 25.7 Å². The summed E-state index contributed by atoms with van der Waals surface area (Å²) in [6, 6.07) is 0. The van der Waals surface area contributed by atoms with Crippen molar-refractivity contribution in [2.75, 3.05) is 39.8 Å². The monoisotopic (exact) mass is 284 g/mol. The number of carbonyl (C=O) groups excluding carboxylic acids is 2. The Labute approximate surface area is 119 Å². The Balaban J connectivity index is 1.75. The summed E-state index contributed by atoms with van der Waals surface area (Å²) >= 11 is 0. The molecule has 1 amide bonds. The van der Waals surface area contributed by atoms with Crippen LogP contribution in [-0.4, -0.2) is 72.7 Å². The summed E-state index contributed by atoms with van der Waals surface area (Å²) in [5.41, 5.74) is 0. The first-order chi connectivity index (χ1) is 9.60. The van der Waals surface area contributed by atoms with Gasteiger partial charge in [0.1, 0.15) is 0 Å². The van der Waals surface area contributed by atoms with Crippen molar-refractivity contribution in [1.29, 1.82) is 0 Å². The maximum absolute atomic E-state index is 12.2. The average molecular weight is 284 g/mol. The van der Waals surface area contributed by atoms with E-state index in [1.54, 1.807) is 0 Å². The second kappa shape index (κ2) is 7.04. The number of piperidine rings is 2. The predicted octanol–water partition coefficient (Wildman–Crippen LogP) is -0.145. The van der Waals surface area contributed by atoms with E-state index in [-0.39, 0.29) is 23.9 Å². The number of nitrogens with zero attached hydrogens (tertiary/aromatic N) is 2. The second-order valence-corrected chi connectivity index (χ2v) is 5.71. The minimum Gasteiger partial charge on any atom is -0.469 e. The molecular weight excluding hydrogens is 260 g/mol. The van der Waals surface area contributed by atoms with Crippen molar-refractivity contribution in [3.63, 3.8) is 0 Å². The van der Waals surface area contributed by atoms with Crippen molar-refractivity contribution in [3.8, 4) is 0 Å². The van der Waals surface area contributed by atoms with Gasteiger partial charge in [0, 0.05) is 19.6 Å². The molecule has 6 nitrogen and oxygen atoms in total. The first kappa shape index (κ1) is 15.3. The van der Waals surface area contributed by atoms with Crippen molar-refractivity contribution in [3.05, 3.63) is 0 Å². The normalized spacial score (nSPS) is 25.5. The van der Waals surface area contributed by atoms with E-state index in [0.29, 0.717) is 39.0 Å². The van der Waals surface area contributed by atoms with E-state index < -0.39 is 0 Å². The average Bonchev–Trinajstić information content (AvgIpc) is 2.46. The lowest BCUT2D eigenvalue weighted by atomic mass is 9.97. The van der Waals surface area contributed by atoms with Crippen LogP contribution in [0.4, 0.5) is 0 Å². The van der Waals surface area contributed by atoms with E-state index in [9.17, 15) is 14.7 Å². The van der Waals surface area contributed by atoms with Gasteiger partial charge < -0.3 is 14.7 Å². The number of hydrogen-bond acceptors (Lipinski definition) is 5. The molecule has 0 bridgehead atoms. The fourth-order valence-electron chi connectivity index (χ4n) is 3.00. The van der Waals surface area contributed by atoms with Crippen molar-refractivity contribution in [1.82, 2.24) is 9.80 Å². The molecule has 6 heteroatoms. The number of ether oxygens (including phenoxy) is 1. The van der Waals surface area contributed by atoms with Gasteiger partial charge in [-0.25, -0.2) is 0 Å². The largest absolute Gasteiger partial charge is 0.469 e. The number of aliphatic hydroxyl groups excluding tert-OH is 1. The Morgan fingerprint density at radius 3 is 2.50 bits per heavy atom. The SMILES string of the molecule is COC(=O)C1CCN(C(=O)CN2CCC[C@H](O)C2)CC1. The molecule has 0 spiro atoms. The van der Waals surface area contributed by atoms with Crippen LogP contribution < -0.4 is 0 Å². The third-order valence-electron chi connectivity index (χ3n) is 4.22. The van der Waals surface area contributed by atoms with Crippen LogP contribution in [0.25, 0.3) is 0 Å². The highest BCUT2D eigenvalue weighted by Gasteiger charge is 2.29. The summed E-state index contributed by atoms with van der Waals surface area (Å²) in [7, 11) is 1.40. The first-order valence-corrected chi connectivity index (χ1v) is 7.36. The molecule has 1 N–H and O–H groups in total. The number of carbonyl (C=O) groups is 2. The van der Waals surface area contributed by atoms with E-state index in [1.165, 1.54) is 7.11 Å². The first-order valence-electron chi connectivity index (χ1n) is 7.36. The number of likely N-dealkylation sites (tertiary alicyclic amines) is 2. The fourth-order valence-corrected chi connectivity index (χ4v) is 3.00. The van der Waals surface area contributed by atoms with Gasteiger partial charge in [-0.3, -0.25) is 14.5 Å². The van der Waals surface area contributed by atoms with E-state index in [4.69, 9.17) is 4.74 Å². The van der Waals surface area contributed by atoms with Gasteiger partial charge in [0.25, 0.3) is 0 Å². The van der Waals surface area contributed by atoms with Gasteiger partial charge in [-0.2, -0.15) is 0 Å². The standard InChI is InChI=1S/C14H24N2O4/c1-20-14(19)11-4-7-16(8-5-11)13(18)10-15-6-2-3-12(17)9-15/h11-12,17H,2-10H2,1H3/t12-/m0/s1. The molecule has 1 atom stereocenters. The Bertz CT molecular complexity index is 353. The third-order valence-corrected chi connectivity index (χ3v) is 4.22. The lowest BCUT2D eigenvalue weighted by molar-refractivity contribution is -0.149. The van der Waals surface area contributed by atoms with Crippen LogP contribution in [0.1, 0.15) is 25.7 Å². The van der Waals surface area contributed by atoms with Gasteiger partial charge in [-0.1, -0.05) is 0 Å². The summed E-state index contributed by atoms with van der Waals surface area (Å²) in [4.78, 5) is 27.5. The molecule has 0 aromatic heterocycles. The number of amides is 1. The fraction of sp³-hybridized carbons (Fsp3) is 0.857. The number of hydrogen-bond donors (Lipinski definition) is 1. The molecule has 2 aliphatic heterocycles. The van der Waals surface area contributed by atoms with Crippen LogP contribution in [0.3, 0.4) is 0 Å². The lowest BCUT2D eigenvalue weighted by Crippen LogP contribution is -2.48. The number of rotatable bonds is 3. The minimum absolute atomic E-state index is 0.0686. The van der Waals surface area contributed by atoms with Crippen molar-refractivity contribution < 1.29 is 19.4 Å². The quantitative estimate of drug-likeness (QED) is 0.730. The van der Waals surface area contributed by atoms with Gasteiger partial charge >= 0.3 is 5.97 Å². The van der Waals surface area contributed by atoms with E-state index >= 15 is 0 Å². The molecule has 2 aliphatic rings. The van der Waals surface area contributed by atoms with Gasteiger partial charge in [0.15, 0.2) is 0 Å². The zero-order valence-electron chi connectivity index (χ0n) is 12.1. The van der Waals surface area contributed by atoms with Crippen LogP contribution in [0.2, 0.25) is 0 Å². The molecule has 2 saturated heterocycles. The molecular formula is C14H24N2O4. The van der Waals surface area contributed by atoms with Crippen LogP contribution in [0.5, 0.6) is 0 Å². The number of aliphatic hydroxyl groups is 1. The molecule has 2 rings (SSSR count). The summed E-state index contributed by atoms with van der Waals surface area (Å²) < 4.78 is 4.74. The zero-order valence-corrected chi connectivity index (χ0v) is 12.1. The summed E-state index contributed by atoms with van der Waals surface area (Å²) in [5.74, 6) is -0.139. The van der Waals surface area contributed by atoms with Crippen LogP contribution in [-0.2, 0) is 14.3 Å². The molecule has 2 fully saturated rings. The Kier molecular flexibility index (Phi) is 5.37. The topological polar surface area (TPSA) is 70.1 Å². The molecule has 0 aliphatic carbocycles. The van der Waals surface area contributed by atoms with Crippen molar-refractivity contribution in [2.24, 2.45) is 5.92 Å². The number of β-amino-alcohol motifs (C(OH)–C–C–N with tert-alkyl or cyclic N) is 1. The molecule has 0 unspecified atom stereocenters. The van der Waals surface area contributed by atoms with Crippen molar-refractivity contribution in [2.45, 2.75) is 31.8 Å². The smallest absolute Gasteiger partial charge is 0.308 e. The van der Waals surface area contributed by atoms with Crippen molar-refractivity contribution >= 4 is 11.9 Å². The second-order valence-electron chi connectivity index (χ2n) is 5.71. The molecule has 114 valence electrons. The lowest BCUT2D eigenvalue weighted by Gasteiger charge is -2.34. The van der Waals surface area contributed by atoms with E-state index in [1.807, 2.05) is 9.80 Å². The van der Waals surface area contributed by atoms with Gasteiger partial charge in [-0.15, -0.1) is 0 Å². The van der Waals surface area contributed by atoms with Crippen LogP contribution in [0, 0.1) is 5.92 Å². The van der Waals surface area contributed by atoms with Crippen LogP contribution in [0.15, 0.2) is 0 Å². The zero-order chi connectivity index (χ0) is 14.5. The Morgan fingerprint density at radius 2 is 1.90 bits per heavy atom.